The molecular formula is C22H16ClF3N2O4. The number of benzene rings is 2. The van der Waals surface area contributed by atoms with Gasteiger partial charge in [0, 0.05) is 42.2 Å². The number of Topliss-reactive ketones (excluding diaryl/α,β-unsaturated/α-hetero) is 1. The van der Waals surface area contributed by atoms with Crippen molar-refractivity contribution in [3.63, 3.8) is 0 Å². The molecule has 1 aliphatic heterocycles. The minimum atomic E-state index is -4.64. The average molecular weight is 465 g/mol. The fourth-order valence-corrected chi connectivity index (χ4v) is 4.47. The van der Waals surface area contributed by atoms with Crippen LogP contribution >= 0.6 is 11.6 Å². The fraction of sp³-hybridized carbons (Fsp3) is 0.273. The van der Waals surface area contributed by atoms with E-state index in [-0.39, 0.29) is 35.0 Å². The number of amides is 1. The van der Waals surface area contributed by atoms with E-state index in [0.717, 1.165) is 23.1 Å². The number of alkyl halides is 3. The third kappa shape index (κ3) is 3.88. The maximum atomic E-state index is 13.3. The highest BCUT2D eigenvalue weighted by Crippen LogP contribution is 2.46. The van der Waals surface area contributed by atoms with Crippen LogP contribution in [0.4, 0.5) is 24.5 Å². The number of carbonyl (C=O) groups is 2. The molecule has 6 nitrogen and oxygen atoms in total. The summed E-state index contributed by atoms with van der Waals surface area (Å²) in [7, 11) is 0. The van der Waals surface area contributed by atoms with Crippen LogP contribution in [0.3, 0.4) is 0 Å². The summed E-state index contributed by atoms with van der Waals surface area (Å²) < 4.78 is 39.8. The average Bonchev–Trinajstić information content (AvgIpc) is 2.73. The van der Waals surface area contributed by atoms with Crippen molar-refractivity contribution in [1.82, 2.24) is 0 Å². The Morgan fingerprint density at radius 2 is 1.84 bits per heavy atom. The van der Waals surface area contributed by atoms with Gasteiger partial charge in [-0.2, -0.15) is 13.2 Å². The summed E-state index contributed by atoms with van der Waals surface area (Å²) in [5.74, 6) is -1.48. The van der Waals surface area contributed by atoms with E-state index in [1.165, 1.54) is 18.2 Å². The number of nitro benzene ring substituents is 1. The Kier molecular flexibility index (Phi) is 5.54. The number of hydrogen-bond acceptors (Lipinski definition) is 4. The van der Waals surface area contributed by atoms with Crippen LogP contribution in [-0.4, -0.2) is 16.6 Å². The summed E-state index contributed by atoms with van der Waals surface area (Å²) in [6.07, 6.45) is -3.91. The number of halogens is 4. The first-order valence-corrected chi connectivity index (χ1v) is 10.2. The minimum Gasteiger partial charge on any atom is -0.294 e. The smallest absolute Gasteiger partial charge is 0.294 e. The second-order valence-corrected chi connectivity index (χ2v) is 8.05. The van der Waals surface area contributed by atoms with Crippen molar-refractivity contribution in [2.24, 2.45) is 0 Å². The third-order valence-corrected chi connectivity index (χ3v) is 5.99. The summed E-state index contributed by atoms with van der Waals surface area (Å²) in [5.41, 5.74) is -0.241. The maximum absolute atomic E-state index is 13.3. The molecule has 166 valence electrons. The monoisotopic (exact) mass is 464 g/mol. The lowest BCUT2D eigenvalue weighted by atomic mass is 9.77. The SMILES string of the molecule is O=C1CCCC2=C1C(c1cccc([N+](=O)[O-])c1)CC(=O)N2c1cc(C(F)(F)F)ccc1Cl. The Morgan fingerprint density at radius 3 is 2.53 bits per heavy atom. The molecule has 32 heavy (non-hydrogen) atoms. The molecule has 10 heteroatoms. The molecule has 0 N–H and O–H groups in total. The molecule has 0 saturated heterocycles. The molecule has 0 fully saturated rings. The molecule has 0 aromatic heterocycles. The minimum absolute atomic E-state index is 0.0509. The normalized spacial score (nSPS) is 19.2. The molecule has 1 amide bonds. The molecule has 0 bridgehead atoms. The number of carbonyl (C=O) groups excluding carboxylic acids is 2. The molecule has 1 atom stereocenters. The van der Waals surface area contributed by atoms with Crippen LogP contribution in [0.5, 0.6) is 0 Å². The lowest BCUT2D eigenvalue weighted by Crippen LogP contribution is -2.40. The lowest BCUT2D eigenvalue weighted by molar-refractivity contribution is -0.384. The number of anilines is 1. The van der Waals surface area contributed by atoms with Gasteiger partial charge in [0.05, 0.1) is 21.2 Å². The van der Waals surface area contributed by atoms with Gasteiger partial charge >= 0.3 is 6.18 Å². The molecular weight excluding hydrogens is 449 g/mol. The Balaban J connectivity index is 1.88. The van der Waals surface area contributed by atoms with E-state index < -0.39 is 28.5 Å². The molecule has 2 aromatic carbocycles. The number of nitrogens with zero attached hydrogens (tertiary/aromatic N) is 2. The topological polar surface area (TPSA) is 80.5 Å². The van der Waals surface area contributed by atoms with Crippen molar-refractivity contribution in [2.45, 2.75) is 37.8 Å². The van der Waals surface area contributed by atoms with Crippen molar-refractivity contribution in [1.29, 1.82) is 0 Å². The van der Waals surface area contributed by atoms with Crippen molar-refractivity contribution in [3.8, 4) is 0 Å². The fourth-order valence-electron chi connectivity index (χ4n) is 4.27. The summed E-state index contributed by atoms with van der Waals surface area (Å²) in [4.78, 5) is 37.8. The van der Waals surface area contributed by atoms with Gasteiger partial charge in [-0.15, -0.1) is 0 Å². The van der Waals surface area contributed by atoms with E-state index in [0.29, 0.717) is 29.7 Å². The summed E-state index contributed by atoms with van der Waals surface area (Å²) in [6.45, 7) is 0. The van der Waals surface area contributed by atoms with Crippen molar-refractivity contribution in [3.05, 3.63) is 80.0 Å². The van der Waals surface area contributed by atoms with Crippen molar-refractivity contribution < 1.29 is 27.7 Å². The van der Waals surface area contributed by atoms with Gasteiger partial charge in [0.1, 0.15) is 0 Å². The predicted octanol–water partition coefficient (Wildman–Crippen LogP) is 5.79. The number of non-ortho nitro benzene ring substituents is 1. The molecule has 2 aromatic rings. The largest absolute Gasteiger partial charge is 0.416 e. The highest BCUT2D eigenvalue weighted by molar-refractivity contribution is 6.34. The van der Waals surface area contributed by atoms with E-state index in [1.807, 2.05) is 0 Å². The Morgan fingerprint density at radius 1 is 1.09 bits per heavy atom. The zero-order valence-corrected chi connectivity index (χ0v) is 17.2. The van der Waals surface area contributed by atoms with Gasteiger partial charge in [-0.05, 0) is 36.6 Å². The Bertz CT molecular complexity index is 1180. The second kappa shape index (κ2) is 8.05. The summed E-state index contributed by atoms with van der Waals surface area (Å²) >= 11 is 6.18. The number of hydrogen-bond donors (Lipinski definition) is 0. The van der Waals surface area contributed by atoms with E-state index in [1.54, 1.807) is 6.07 Å². The number of nitro groups is 1. The zero-order valence-electron chi connectivity index (χ0n) is 16.5. The quantitative estimate of drug-likeness (QED) is 0.425. The first kappa shape index (κ1) is 22.0. The van der Waals surface area contributed by atoms with Gasteiger partial charge in [-0.1, -0.05) is 23.7 Å². The van der Waals surface area contributed by atoms with Gasteiger partial charge in [0.2, 0.25) is 5.91 Å². The predicted molar refractivity (Wildman–Crippen MR) is 110 cm³/mol. The Hall–Kier alpha value is -3.20. The van der Waals surface area contributed by atoms with Crippen LogP contribution in [0.2, 0.25) is 5.02 Å². The number of allylic oxidation sites excluding steroid dienone is 2. The first-order valence-electron chi connectivity index (χ1n) is 9.78. The highest BCUT2D eigenvalue weighted by atomic mass is 35.5. The Labute approximate surface area is 185 Å². The maximum Gasteiger partial charge on any atom is 0.416 e. The zero-order chi connectivity index (χ0) is 23.2. The van der Waals surface area contributed by atoms with Gasteiger partial charge in [0.15, 0.2) is 5.78 Å². The molecule has 0 saturated carbocycles. The van der Waals surface area contributed by atoms with Crippen LogP contribution in [0.1, 0.15) is 42.7 Å². The first-order chi connectivity index (χ1) is 15.1. The number of rotatable bonds is 3. The van der Waals surface area contributed by atoms with Crippen LogP contribution in [-0.2, 0) is 15.8 Å². The second-order valence-electron chi connectivity index (χ2n) is 7.64. The number of ketones is 1. The summed E-state index contributed by atoms with van der Waals surface area (Å²) in [5, 5.41) is 11.1. The molecule has 0 radical (unpaired) electrons. The van der Waals surface area contributed by atoms with Crippen molar-refractivity contribution >= 4 is 34.7 Å². The van der Waals surface area contributed by atoms with Gasteiger partial charge in [-0.3, -0.25) is 24.6 Å². The lowest BCUT2D eigenvalue weighted by Gasteiger charge is -2.38. The highest BCUT2D eigenvalue weighted by Gasteiger charge is 2.41. The molecule has 4 rings (SSSR count). The molecule has 2 aliphatic rings. The van der Waals surface area contributed by atoms with Crippen LogP contribution in [0.25, 0.3) is 0 Å². The standard InChI is InChI=1S/C22H16ClF3N2O4/c23-16-8-7-13(22(24,25)26)10-18(16)27-17-5-2-6-19(29)21(17)15(11-20(27)30)12-3-1-4-14(9-12)28(31)32/h1,3-4,7-10,15H,2,5-6,11H2. The third-order valence-electron chi connectivity index (χ3n) is 5.67. The van der Waals surface area contributed by atoms with Crippen molar-refractivity contribution in [2.75, 3.05) is 4.90 Å². The van der Waals surface area contributed by atoms with Crippen LogP contribution in [0, 0.1) is 10.1 Å². The van der Waals surface area contributed by atoms with E-state index in [4.69, 9.17) is 11.6 Å². The van der Waals surface area contributed by atoms with Gasteiger partial charge in [0.25, 0.3) is 5.69 Å². The summed E-state index contributed by atoms with van der Waals surface area (Å²) in [6, 6.07) is 8.40. The van der Waals surface area contributed by atoms with Crippen LogP contribution in [0.15, 0.2) is 53.7 Å². The van der Waals surface area contributed by atoms with Gasteiger partial charge < -0.3 is 0 Å². The molecule has 0 spiro atoms. The molecule has 1 aliphatic carbocycles. The van der Waals surface area contributed by atoms with E-state index in [9.17, 15) is 32.9 Å². The molecule has 1 heterocycles. The van der Waals surface area contributed by atoms with Crippen LogP contribution < -0.4 is 4.90 Å². The van der Waals surface area contributed by atoms with E-state index >= 15 is 0 Å². The van der Waals surface area contributed by atoms with Gasteiger partial charge in [-0.25, -0.2) is 0 Å². The van der Waals surface area contributed by atoms with E-state index in [2.05, 4.69) is 0 Å². The molecule has 1 unspecified atom stereocenters.